The standard InChI is InChI=1S/C16H20ClN3O/c1-11-7-14(20(2)19-11)10-21-16-6-3-12(8-15(16)17)9-18-13-4-5-13/h3,6-8,13,18H,4-5,9-10H2,1-2H3. The van der Waals surface area contributed by atoms with Crippen LogP contribution in [-0.2, 0) is 20.2 Å². The van der Waals surface area contributed by atoms with Gasteiger partial charge in [0.05, 0.1) is 16.4 Å². The van der Waals surface area contributed by atoms with Gasteiger partial charge in [0.15, 0.2) is 0 Å². The van der Waals surface area contributed by atoms with Crippen molar-refractivity contribution in [3.63, 3.8) is 0 Å². The van der Waals surface area contributed by atoms with E-state index in [4.69, 9.17) is 16.3 Å². The smallest absolute Gasteiger partial charge is 0.138 e. The van der Waals surface area contributed by atoms with Crippen molar-refractivity contribution in [2.45, 2.75) is 39.0 Å². The summed E-state index contributed by atoms with van der Waals surface area (Å²) >= 11 is 6.30. The molecule has 0 unspecified atom stereocenters. The molecule has 0 bridgehead atoms. The van der Waals surface area contributed by atoms with Crippen molar-refractivity contribution >= 4 is 11.6 Å². The number of rotatable bonds is 6. The van der Waals surface area contributed by atoms with Crippen LogP contribution in [-0.4, -0.2) is 15.8 Å². The maximum atomic E-state index is 6.30. The number of halogens is 1. The van der Waals surface area contributed by atoms with Crippen molar-refractivity contribution in [2.24, 2.45) is 7.05 Å². The summed E-state index contributed by atoms with van der Waals surface area (Å²) in [6.45, 7) is 3.31. The third kappa shape index (κ3) is 3.77. The molecular formula is C16H20ClN3O. The Morgan fingerprint density at radius 2 is 2.19 bits per heavy atom. The zero-order valence-corrected chi connectivity index (χ0v) is 13.2. The predicted octanol–water partition coefficient (Wildman–Crippen LogP) is 3.21. The van der Waals surface area contributed by atoms with Crippen molar-refractivity contribution in [3.05, 3.63) is 46.2 Å². The SMILES string of the molecule is Cc1cc(COc2ccc(CNC3CC3)cc2Cl)n(C)n1. The Bertz CT molecular complexity index is 634. The zero-order valence-electron chi connectivity index (χ0n) is 12.4. The molecule has 112 valence electrons. The number of nitrogens with zero attached hydrogens (tertiary/aromatic N) is 2. The summed E-state index contributed by atoms with van der Waals surface area (Å²) in [5, 5.41) is 8.44. The van der Waals surface area contributed by atoms with Crippen molar-refractivity contribution in [1.29, 1.82) is 0 Å². The fourth-order valence-corrected chi connectivity index (χ4v) is 2.53. The van der Waals surface area contributed by atoms with Gasteiger partial charge in [0.1, 0.15) is 12.4 Å². The molecule has 0 saturated heterocycles. The Balaban J connectivity index is 1.60. The second-order valence-electron chi connectivity index (χ2n) is 5.61. The van der Waals surface area contributed by atoms with Gasteiger partial charge in [0.25, 0.3) is 0 Å². The lowest BCUT2D eigenvalue weighted by molar-refractivity contribution is 0.295. The zero-order chi connectivity index (χ0) is 14.8. The van der Waals surface area contributed by atoms with E-state index in [2.05, 4.69) is 16.5 Å². The molecule has 1 aromatic carbocycles. The highest BCUT2D eigenvalue weighted by atomic mass is 35.5. The summed E-state index contributed by atoms with van der Waals surface area (Å²) in [6.07, 6.45) is 2.58. The van der Waals surface area contributed by atoms with Gasteiger partial charge in [-0.25, -0.2) is 0 Å². The molecule has 0 aliphatic heterocycles. The second kappa shape index (κ2) is 6.08. The summed E-state index contributed by atoms with van der Waals surface area (Å²) in [5.41, 5.74) is 3.21. The van der Waals surface area contributed by atoms with E-state index in [0.717, 1.165) is 17.9 Å². The number of aromatic nitrogens is 2. The number of aryl methyl sites for hydroxylation is 2. The van der Waals surface area contributed by atoms with Crippen LogP contribution in [0.1, 0.15) is 29.8 Å². The van der Waals surface area contributed by atoms with Crippen molar-refractivity contribution in [1.82, 2.24) is 15.1 Å². The van der Waals surface area contributed by atoms with Crippen LogP contribution in [0.15, 0.2) is 24.3 Å². The molecule has 0 amide bonds. The van der Waals surface area contributed by atoms with Gasteiger partial charge >= 0.3 is 0 Å². The second-order valence-corrected chi connectivity index (χ2v) is 6.02. The largest absolute Gasteiger partial charge is 0.486 e. The molecule has 1 heterocycles. The van der Waals surface area contributed by atoms with Gasteiger partial charge in [-0.3, -0.25) is 4.68 Å². The molecule has 1 aliphatic rings. The summed E-state index contributed by atoms with van der Waals surface area (Å²) in [6, 6.07) is 8.69. The first-order valence-corrected chi connectivity index (χ1v) is 7.64. The highest BCUT2D eigenvalue weighted by Crippen LogP contribution is 2.27. The van der Waals surface area contributed by atoms with Gasteiger partial charge in [-0.05, 0) is 43.5 Å². The molecule has 0 atom stereocenters. The first kappa shape index (κ1) is 14.4. The summed E-state index contributed by atoms with van der Waals surface area (Å²) in [4.78, 5) is 0. The predicted molar refractivity (Wildman–Crippen MR) is 83.6 cm³/mol. The maximum absolute atomic E-state index is 6.30. The topological polar surface area (TPSA) is 39.1 Å². The van der Waals surface area contributed by atoms with Crippen LogP contribution < -0.4 is 10.1 Å². The van der Waals surface area contributed by atoms with E-state index < -0.39 is 0 Å². The van der Waals surface area contributed by atoms with Crippen molar-refractivity contribution in [2.75, 3.05) is 0 Å². The summed E-state index contributed by atoms with van der Waals surface area (Å²) in [7, 11) is 1.92. The van der Waals surface area contributed by atoms with Crippen LogP contribution in [0, 0.1) is 6.92 Å². The van der Waals surface area contributed by atoms with Gasteiger partial charge in [-0.1, -0.05) is 17.7 Å². The fraction of sp³-hybridized carbons (Fsp3) is 0.438. The molecule has 1 fully saturated rings. The van der Waals surface area contributed by atoms with Gasteiger partial charge in [0.2, 0.25) is 0 Å². The number of nitrogens with one attached hydrogen (secondary N) is 1. The molecule has 5 heteroatoms. The van der Waals surface area contributed by atoms with Crippen LogP contribution in [0.5, 0.6) is 5.75 Å². The lowest BCUT2D eigenvalue weighted by Crippen LogP contribution is -2.15. The Labute approximate surface area is 130 Å². The monoisotopic (exact) mass is 305 g/mol. The summed E-state index contributed by atoms with van der Waals surface area (Å²) < 4.78 is 7.63. The van der Waals surface area contributed by atoms with E-state index in [-0.39, 0.29) is 0 Å². The van der Waals surface area contributed by atoms with Gasteiger partial charge in [-0.2, -0.15) is 5.10 Å². The third-order valence-corrected chi connectivity index (χ3v) is 3.94. The van der Waals surface area contributed by atoms with Gasteiger partial charge < -0.3 is 10.1 Å². The molecule has 21 heavy (non-hydrogen) atoms. The van der Waals surface area contributed by atoms with Crippen LogP contribution in [0.2, 0.25) is 5.02 Å². The van der Waals surface area contributed by atoms with Crippen molar-refractivity contribution in [3.8, 4) is 5.75 Å². The van der Waals surface area contributed by atoms with E-state index >= 15 is 0 Å². The quantitative estimate of drug-likeness (QED) is 0.890. The Kier molecular flexibility index (Phi) is 4.17. The number of benzene rings is 1. The molecule has 1 N–H and O–H groups in total. The number of ether oxygens (including phenoxy) is 1. The first-order chi connectivity index (χ1) is 10.1. The highest BCUT2D eigenvalue weighted by Gasteiger charge is 2.20. The first-order valence-electron chi connectivity index (χ1n) is 7.26. The minimum Gasteiger partial charge on any atom is -0.486 e. The van der Waals surface area contributed by atoms with Crippen LogP contribution in [0.25, 0.3) is 0 Å². The molecule has 1 saturated carbocycles. The minimum absolute atomic E-state index is 0.469. The highest BCUT2D eigenvalue weighted by molar-refractivity contribution is 6.32. The van der Waals surface area contributed by atoms with Crippen LogP contribution in [0.4, 0.5) is 0 Å². The van der Waals surface area contributed by atoms with Crippen LogP contribution in [0.3, 0.4) is 0 Å². The Morgan fingerprint density at radius 1 is 1.38 bits per heavy atom. The Hall–Kier alpha value is -1.52. The molecule has 2 aromatic rings. The van der Waals surface area contributed by atoms with Gasteiger partial charge in [0, 0.05) is 19.6 Å². The normalized spacial score (nSPS) is 14.4. The fourth-order valence-electron chi connectivity index (χ4n) is 2.27. The Morgan fingerprint density at radius 3 is 2.81 bits per heavy atom. The molecular weight excluding hydrogens is 286 g/mol. The van der Waals surface area contributed by atoms with Gasteiger partial charge in [-0.15, -0.1) is 0 Å². The molecule has 4 nitrogen and oxygen atoms in total. The molecule has 3 rings (SSSR count). The average molecular weight is 306 g/mol. The van der Waals surface area contributed by atoms with E-state index in [1.165, 1.54) is 18.4 Å². The van der Waals surface area contributed by atoms with E-state index in [1.54, 1.807) is 0 Å². The lowest BCUT2D eigenvalue weighted by atomic mass is 10.2. The van der Waals surface area contributed by atoms with E-state index in [1.807, 2.05) is 36.9 Å². The minimum atomic E-state index is 0.469. The van der Waals surface area contributed by atoms with Crippen molar-refractivity contribution < 1.29 is 4.74 Å². The third-order valence-electron chi connectivity index (χ3n) is 3.64. The number of hydrogen-bond acceptors (Lipinski definition) is 3. The lowest BCUT2D eigenvalue weighted by Gasteiger charge is -2.10. The average Bonchev–Trinajstić information content (AvgIpc) is 3.21. The maximum Gasteiger partial charge on any atom is 0.138 e. The van der Waals surface area contributed by atoms with E-state index in [0.29, 0.717) is 23.4 Å². The molecule has 1 aliphatic carbocycles. The number of hydrogen-bond donors (Lipinski definition) is 1. The molecule has 0 spiro atoms. The molecule has 1 aromatic heterocycles. The van der Waals surface area contributed by atoms with Crippen LogP contribution >= 0.6 is 11.6 Å². The summed E-state index contributed by atoms with van der Waals surface area (Å²) in [5.74, 6) is 0.714. The van der Waals surface area contributed by atoms with E-state index in [9.17, 15) is 0 Å². The molecule has 0 radical (unpaired) electrons.